The lowest BCUT2D eigenvalue weighted by molar-refractivity contribution is 0.358. The van der Waals surface area contributed by atoms with Crippen LogP contribution in [-0.4, -0.2) is 19.2 Å². The smallest absolute Gasteiger partial charge is 0.170 e. The zero-order valence-corrected chi connectivity index (χ0v) is 11.1. The van der Waals surface area contributed by atoms with E-state index in [0.717, 1.165) is 15.4 Å². The Morgan fingerprint density at radius 3 is 2.62 bits per heavy atom. The molecular formula is C11H9BrClNO2. The van der Waals surface area contributed by atoms with Gasteiger partial charge >= 0.3 is 0 Å². The highest BCUT2D eigenvalue weighted by Crippen LogP contribution is 2.39. The van der Waals surface area contributed by atoms with Crippen molar-refractivity contribution >= 4 is 38.4 Å². The maximum Gasteiger partial charge on any atom is 0.170 e. The molecule has 2 rings (SSSR count). The van der Waals surface area contributed by atoms with Gasteiger partial charge in [-0.3, -0.25) is 0 Å². The van der Waals surface area contributed by atoms with Gasteiger partial charge in [0, 0.05) is 15.9 Å². The second-order valence-corrected chi connectivity index (χ2v) is 4.37. The molecule has 16 heavy (non-hydrogen) atoms. The van der Waals surface area contributed by atoms with Crippen molar-refractivity contribution < 1.29 is 9.47 Å². The van der Waals surface area contributed by atoms with Crippen LogP contribution in [0.15, 0.2) is 22.7 Å². The third-order valence-corrected chi connectivity index (χ3v) is 3.05. The van der Waals surface area contributed by atoms with Crippen LogP contribution >= 0.6 is 27.5 Å². The van der Waals surface area contributed by atoms with E-state index in [2.05, 4.69) is 20.9 Å². The molecule has 2 aromatic rings. The maximum atomic E-state index is 5.86. The summed E-state index contributed by atoms with van der Waals surface area (Å²) in [6, 6.07) is 5.39. The topological polar surface area (TPSA) is 31.4 Å². The van der Waals surface area contributed by atoms with E-state index >= 15 is 0 Å². The average Bonchev–Trinajstić information content (AvgIpc) is 2.29. The van der Waals surface area contributed by atoms with Gasteiger partial charge in [0.15, 0.2) is 11.5 Å². The molecule has 0 bridgehead atoms. The maximum absolute atomic E-state index is 5.86. The van der Waals surface area contributed by atoms with Gasteiger partial charge < -0.3 is 9.47 Å². The number of halogens is 2. The predicted molar refractivity (Wildman–Crippen MR) is 67.6 cm³/mol. The highest BCUT2D eigenvalue weighted by Gasteiger charge is 2.13. The molecule has 0 unspecified atom stereocenters. The number of hydrogen-bond acceptors (Lipinski definition) is 3. The molecule has 1 aromatic heterocycles. The van der Waals surface area contributed by atoms with Gasteiger partial charge in [0.2, 0.25) is 0 Å². The highest BCUT2D eigenvalue weighted by molar-refractivity contribution is 9.10. The van der Waals surface area contributed by atoms with E-state index in [0.29, 0.717) is 16.7 Å². The molecule has 0 fully saturated rings. The molecular weight excluding hydrogens is 293 g/mol. The first-order chi connectivity index (χ1) is 7.67. The van der Waals surface area contributed by atoms with Crippen molar-refractivity contribution in [2.45, 2.75) is 0 Å². The highest BCUT2D eigenvalue weighted by atomic mass is 79.9. The fourth-order valence-electron chi connectivity index (χ4n) is 1.54. The Balaban J connectivity index is 2.86. The summed E-state index contributed by atoms with van der Waals surface area (Å²) in [7, 11) is 3.19. The van der Waals surface area contributed by atoms with Crippen LogP contribution in [-0.2, 0) is 0 Å². The Morgan fingerprint density at radius 1 is 1.25 bits per heavy atom. The van der Waals surface area contributed by atoms with E-state index in [9.17, 15) is 0 Å². The van der Waals surface area contributed by atoms with Crippen molar-refractivity contribution in [3.05, 3.63) is 27.8 Å². The summed E-state index contributed by atoms with van der Waals surface area (Å²) in [6.45, 7) is 0. The molecule has 5 heteroatoms. The molecule has 0 aliphatic carbocycles. The van der Waals surface area contributed by atoms with Gasteiger partial charge in [-0.25, -0.2) is 4.98 Å². The second kappa shape index (κ2) is 4.47. The Hall–Kier alpha value is -1.00. The van der Waals surface area contributed by atoms with Gasteiger partial charge in [-0.05, 0) is 28.1 Å². The van der Waals surface area contributed by atoms with Gasteiger partial charge in [-0.2, -0.15) is 0 Å². The zero-order valence-electron chi connectivity index (χ0n) is 8.75. The molecule has 0 aliphatic heterocycles. The molecule has 0 aliphatic rings. The van der Waals surface area contributed by atoms with Gasteiger partial charge in [-0.15, -0.1) is 0 Å². The first-order valence-corrected chi connectivity index (χ1v) is 5.71. The number of fused-ring (bicyclic) bond motifs is 1. The molecule has 0 amide bonds. The molecule has 84 valence electrons. The fourth-order valence-corrected chi connectivity index (χ4v) is 2.20. The number of aromatic nitrogens is 1. The first kappa shape index (κ1) is 11.5. The van der Waals surface area contributed by atoms with Crippen LogP contribution in [0.1, 0.15) is 0 Å². The molecule has 0 saturated heterocycles. The molecule has 1 heterocycles. The minimum Gasteiger partial charge on any atom is -0.493 e. The van der Waals surface area contributed by atoms with Gasteiger partial charge in [0.05, 0.1) is 19.7 Å². The Labute approximate surface area is 106 Å². The summed E-state index contributed by atoms with van der Waals surface area (Å²) >= 11 is 9.29. The average molecular weight is 303 g/mol. The molecule has 3 nitrogen and oxygen atoms in total. The number of ether oxygens (including phenoxy) is 2. The summed E-state index contributed by atoms with van der Waals surface area (Å²) in [5.41, 5.74) is 0.755. The summed E-state index contributed by atoms with van der Waals surface area (Å²) in [4.78, 5) is 4.24. The minimum absolute atomic E-state index is 0.445. The summed E-state index contributed by atoms with van der Waals surface area (Å²) in [5, 5.41) is 1.30. The lowest BCUT2D eigenvalue weighted by Gasteiger charge is -2.11. The van der Waals surface area contributed by atoms with Gasteiger partial charge in [-0.1, -0.05) is 11.6 Å². The number of nitrogens with zero attached hydrogens (tertiary/aromatic N) is 1. The van der Waals surface area contributed by atoms with Crippen molar-refractivity contribution in [2.24, 2.45) is 0 Å². The molecule has 1 aromatic carbocycles. The van der Waals surface area contributed by atoms with Crippen LogP contribution < -0.4 is 9.47 Å². The van der Waals surface area contributed by atoms with Crippen molar-refractivity contribution in [2.75, 3.05) is 14.2 Å². The van der Waals surface area contributed by atoms with Crippen LogP contribution in [0.2, 0.25) is 5.15 Å². The van der Waals surface area contributed by atoms with E-state index in [1.807, 2.05) is 12.1 Å². The summed E-state index contributed by atoms with van der Waals surface area (Å²) < 4.78 is 11.4. The number of pyridine rings is 1. The SMILES string of the molecule is COc1cc(Br)c2nc(Cl)ccc2c1OC. The Kier molecular flexibility index (Phi) is 3.21. The molecule has 0 saturated carbocycles. The van der Waals surface area contributed by atoms with Crippen LogP contribution in [0.5, 0.6) is 11.5 Å². The number of hydrogen-bond donors (Lipinski definition) is 0. The van der Waals surface area contributed by atoms with Crippen molar-refractivity contribution in [1.82, 2.24) is 4.98 Å². The largest absolute Gasteiger partial charge is 0.493 e. The van der Waals surface area contributed by atoms with Gasteiger partial charge in [0.25, 0.3) is 0 Å². The quantitative estimate of drug-likeness (QED) is 0.793. The van der Waals surface area contributed by atoms with E-state index < -0.39 is 0 Å². The van der Waals surface area contributed by atoms with Crippen molar-refractivity contribution in [1.29, 1.82) is 0 Å². The molecule has 0 radical (unpaired) electrons. The molecule has 0 N–H and O–H groups in total. The predicted octanol–water partition coefficient (Wildman–Crippen LogP) is 3.67. The number of methoxy groups -OCH3 is 2. The van der Waals surface area contributed by atoms with E-state index in [1.54, 1.807) is 20.3 Å². The molecule has 0 spiro atoms. The lowest BCUT2D eigenvalue weighted by Crippen LogP contribution is -1.93. The van der Waals surface area contributed by atoms with Crippen LogP contribution in [0, 0.1) is 0 Å². The summed E-state index contributed by atoms with van der Waals surface area (Å²) in [5.74, 6) is 1.32. The first-order valence-electron chi connectivity index (χ1n) is 4.54. The number of benzene rings is 1. The third kappa shape index (κ3) is 1.83. The molecule has 0 atom stereocenters. The van der Waals surface area contributed by atoms with E-state index in [1.165, 1.54) is 0 Å². The second-order valence-electron chi connectivity index (χ2n) is 3.12. The number of rotatable bonds is 2. The Bertz CT molecular complexity index is 545. The van der Waals surface area contributed by atoms with E-state index in [4.69, 9.17) is 21.1 Å². The summed E-state index contributed by atoms with van der Waals surface area (Å²) in [6.07, 6.45) is 0. The zero-order chi connectivity index (χ0) is 11.7. The normalized spacial score (nSPS) is 10.5. The fraction of sp³-hybridized carbons (Fsp3) is 0.182. The minimum atomic E-state index is 0.445. The van der Waals surface area contributed by atoms with Crippen LogP contribution in [0.3, 0.4) is 0 Å². The van der Waals surface area contributed by atoms with Crippen molar-refractivity contribution in [3.63, 3.8) is 0 Å². The Morgan fingerprint density at radius 2 is 2.00 bits per heavy atom. The third-order valence-electron chi connectivity index (χ3n) is 2.24. The van der Waals surface area contributed by atoms with E-state index in [-0.39, 0.29) is 0 Å². The lowest BCUT2D eigenvalue weighted by atomic mass is 10.2. The van der Waals surface area contributed by atoms with Crippen LogP contribution in [0.4, 0.5) is 0 Å². The van der Waals surface area contributed by atoms with Crippen molar-refractivity contribution in [3.8, 4) is 11.5 Å². The standard InChI is InChI=1S/C11H9BrClNO2/c1-15-8-5-7(12)10-6(11(8)16-2)3-4-9(13)14-10/h3-5H,1-2H3. The monoisotopic (exact) mass is 301 g/mol. The van der Waals surface area contributed by atoms with Gasteiger partial charge in [0.1, 0.15) is 5.15 Å². The van der Waals surface area contributed by atoms with Crippen LogP contribution in [0.25, 0.3) is 10.9 Å².